The lowest BCUT2D eigenvalue weighted by atomic mass is 10.1. The largest absolute Gasteiger partial charge is 0.488 e. The maximum Gasteiger partial charge on any atom is 0.255 e. The van der Waals surface area contributed by atoms with E-state index in [1.807, 2.05) is 6.07 Å². The normalized spacial score (nSPS) is 10.3. The fourth-order valence-corrected chi connectivity index (χ4v) is 3.11. The van der Waals surface area contributed by atoms with Crippen molar-refractivity contribution in [1.29, 1.82) is 0 Å². The van der Waals surface area contributed by atoms with Crippen molar-refractivity contribution in [2.45, 2.75) is 6.61 Å². The van der Waals surface area contributed by atoms with E-state index in [4.69, 9.17) is 15.2 Å². The Hall–Kier alpha value is -4.65. The van der Waals surface area contributed by atoms with Crippen molar-refractivity contribution in [2.24, 2.45) is 5.73 Å². The summed E-state index contributed by atoms with van der Waals surface area (Å²) in [6, 6.07) is 24.5. The molecule has 33 heavy (non-hydrogen) atoms. The van der Waals surface area contributed by atoms with Crippen molar-refractivity contribution in [1.82, 2.24) is 4.98 Å². The molecule has 0 spiro atoms. The topological polar surface area (TPSA) is 104 Å². The maximum absolute atomic E-state index is 12.7. The van der Waals surface area contributed by atoms with E-state index < -0.39 is 5.91 Å². The first-order chi connectivity index (χ1) is 16.1. The average molecular weight is 439 g/mol. The number of primary amides is 1. The Morgan fingerprint density at radius 3 is 2.33 bits per heavy atom. The van der Waals surface area contributed by atoms with Crippen molar-refractivity contribution in [2.75, 3.05) is 5.32 Å². The standard InChI is InChI=1S/C26H21N3O4/c27-25(30)23-6-1-2-7-24(23)32-17-18-4-3-5-19(16-18)26(31)29-20-8-10-21(11-9-20)33-22-12-14-28-15-13-22/h1-16H,17H2,(H2,27,30)(H,29,31). The van der Waals surface area contributed by atoms with Gasteiger partial charge in [-0.25, -0.2) is 0 Å². The number of ether oxygens (including phenoxy) is 2. The zero-order chi connectivity index (χ0) is 23.0. The van der Waals surface area contributed by atoms with Crippen molar-refractivity contribution >= 4 is 17.5 Å². The highest BCUT2D eigenvalue weighted by molar-refractivity contribution is 6.04. The number of para-hydroxylation sites is 1. The summed E-state index contributed by atoms with van der Waals surface area (Å²) in [5, 5.41) is 2.87. The second-order valence-electron chi connectivity index (χ2n) is 7.11. The zero-order valence-corrected chi connectivity index (χ0v) is 17.6. The summed E-state index contributed by atoms with van der Waals surface area (Å²) in [5.74, 6) is 0.913. The van der Waals surface area contributed by atoms with E-state index in [0.29, 0.717) is 34.1 Å². The highest BCUT2D eigenvalue weighted by atomic mass is 16.5. The Kier molecular flexibility index (Phi) is 6.61. The molecule has 0 fully saturated rings. The van der Waals surface area contributed by atoms with Crippen molar-refractivity contribution in [3.05, 3.63) is 114 Å². The van der Waals surface area contributed by atoms with E-state index >= 15 is 0 Å². The predicted molar refractivity (Wildman–Crippen MR) is 124 cm³/mol. The highest BCUT2D eigenvalue weighted by Crippen LogP contribution is 2.23. The van der Waals surface area contributed by atoms with Gasteiger partial charge in [-0.3, -0.25) is 14.6 Å². The van der Waals surface area contributed by atoms with E-state index in [1.54, 1.807) is 91.3 Å². The number of hydrogen-bond donors (Lipinski definition) is 2. The Morgan fingerprint density at radius 1 is 0.848 bits per heavy atom. The van der Waals surface area contributed by atoms with Gasteiger partial charge in [0, 0.05) is 23.6 Å². The molecule has 4 rings (SSSR count). The number of benzene rings is 3. The molecule has 7 nitrogen and oxygen atoms in total. The Morgan fingerprint density at radius 2 is 1.58 bits per heavy atom. The molecule has 0 aliphatic heterocycles. The molecule has 1 aromatic heterocycles. The third kappa shape index (κ3) is 5.74. The van der Waals surface area contributed by atoms with E-state index in [9.17, 15) is 9.59 Å². The highest BCUT2D eigenvalue weighted by Gasteiger charge is 2.10. The fraction of sp³-hybridized carbons (Fsp3) is 0.0385. The van der Waals surface area contributed by atoms with Crippen LogP contribution in [0.2, 0.25) is 0 Å². The van der Waals surface area contributed by atoms with Crippen molar-refractivity contribution in [3.63, 3.8) is 0 Å². The van der Waals surface area contributed by atoms with E-state index in [2.05, 4.69) is 10.3 Å². The molecule has 4 aromatic rings. The minimum absolute atomic E-state index is 0.187. The fourth-order valence-electron chi connectivity index (χ4n) is 3.11. The number of pyridine rings is 1. The monoisotopic (exact) mass is 439 g/mol. The summed E-state index contributed by atoms with van der Waals surface area (Å²) in [5.41, 5.74) is 7.60. The predicted octanol–water partition coefficient (Wildman–Crippen LogP) is 4.80. The molecule has 1 heterocycles. The van der Waals surface area contributed by atoms with Gasteiger partial charge < -0.3 is 20.5 Å². The van der Waals surface area contributed by atoms with Gasteiger partial charge in [0.05, 0.1) is 5.56 Å². The van der Waals surface area contributed by atoms with Gasteiger partial charge in [0.1, 0.15) is 23.9 Å². The minimum Gasteiger partial charge on any atom is -0.488 e. The van der Waals surface area contributed by atoms with Gasteiger partial charge in [0.15, 0.2) is 0 Å². The second-order valence-corrected chi connectivity index (χ2v) is 7.11. The van der Waals surface area contributed by atoms with Crippen molar-refractivity contribution < 1.29 is 19.1 Å². The molecule has 2 amide bonds. The summed E-state index contributed by atoms with van der Waals surface area (Å²) in [4.78, 5) is 28.2. The van der Waals surface area contributed by atoms with Crippen LogP contribution in [0.15, 0.2) is 97.3 Å². The van der Waals surface area contributed by atoms with Crippen LogP contribution in [-0.4, -0.2) is 16.8 Å². The van der Waals surface area contributed by atoms with Gasteiger partial charge in [-0.05, 0) is 66.2 Å². The number of amides is 2. The van der Waals surface area contributed by atoms with Crippen LogP contribution in [0.4, 0.5) is 5.69 Å². The number of hydrogen-bond acceptors (Lipinski definition) is 5. The number of nitrogens with one attached hydrogen (secondary N) is 1. The van der Waals surface area contributed by atoms with Crippen LogP contribution in [-0.2, 0) is 6.61 Å². The number of anilines is 1. The SMILES string of the molecule is NC(=O)c1ccccc1OCc1cccc(C(=O)Nc2ccc(Oc3ccncc3)cc2)c1. The first-order valence-electron chi connectivity index (χ1n) is 10.2. The molecule has 0 saturated heterocycles. The number of nitrogens with zero attached hydrogens (tertiary/aromatic N) is 1. The van der Waals surface area contributed by atoms with Gasteiger partial charge in [0.25, 0.3) is 11.8 Å². The average Bonchev–Trinajstić information content (AvgIpc) is 2.85. The first kappa shape index (κ1) is 21.6. The second kappa shape index (κ2) is 10.1. The number of carbonyl (C=O) groups is 2. The molecule has 0 aliphatic carbocycles. The smallest absolute Gasteiger partial charge is 0.255 e. The molecule has 0 aliphatic rings. The van der Waals surface area contributed by atoms with E-state index in [-0.39, 0.29) is 12.5 Å². The van der Waals surface area contributed by atoms with E-state index in [1.165, 1.54) is 0 Å². The molecule has 0 unspecified atom stereocenters. The summed E-state index contributed by atoms with van der Waals surface area (Å²) < 4.78 is 11.5. The lowest BCUT2D eigenvalue weighted by Crippen LogP contribution is -2.13. The molecule has 0 radical (unpaired) electrons. The molecular formula is C26H21N3O4. The van der Waals surface area contributed by atoms with Crippen LogP contribution in [0, 0.1) is 0 Å². The minimum atomic E-state index is -0.559. The van der Waals surface area contributed by atoms with E-state index in [0.717, 1.165) is 5.56 Å². The third-order valence-electron chi connectivity index (χ3n) is 4.73. The lowest BCUT2D eigenvalue weighted by molar-refractivity contribution is 0.0994. The number of carbonyl (C=O) groups excluding carboxylic acids is 2. The molecule has 0 bridgehead atoms. The summed E-state index contributed by atoms with van der Waals surface area (Å²) in [7, 11) is 0. The number of nitrogens with two attached hydrogens (primary N) is 1. The van der Waals surface area contributed by atoms with Gasteiger partial charge in [-0.1, -0.05) is 24.3 Å². The number of aromatic nitrogens is 1. The van der Waals surface area contributed by atoms with Gasteiger partial charge in [-0.2, -0.15) is 0 Å². The molecule has 7 heteroatoms. The van der Waals surface area contributed by atoms with Crippen LogP contribution < -0.4 is 20.5 Å². The molecule has 0 saturated carbocycles. The van der Waals surface area contributed by atoms with Crippen LogP contribution in [0.5, 0.6) is 17.2 Å². The first-order valence-corrected chi connectivity index (χ1v) is 10.2. The maximum atomic E-state index is 12.7. The Bertz CT molecular complexity index is 1260. The van der Waals surface area contributed by atoms with Crippen LogP contribution in [0.3, 0.4) is 0 Å². The molecule has 3 N–H and O–H groups in total. The van der Waals surface area contributed by atoms with Gasteiger partial charge >= 0.3 is 0 Å². The summed E-state index contributed by atoms with van der Waals surface area (Å²) in [6.45, 7) is 0.187. The van der Waals surface area contributed by atoms with Crippen LogP contribution in [0.25, 0.3) is 0 Å². The Balaban J connectivity index is 1.38. The molecule has 164 valence electrons. The molecule has 0 atom stereocenters. The van der Waals surface area contributed by atoms with Crippen molar-refractivity contribution in [3.8, 4) is 17.2 Å². The van der Waals surface area contributed by atoms with Gasteiger partial charge in [0.2, 0.25) is 0 Å². The summed E-state index contributed by atoms with van der Waals surface area (Å²) >= 11 is 0. The lowest BCUT2D eigenvalue weighted by Gasteiger charge is -2.11. The van der Waals surface area contributed by atoms with Crippen LogP contribution >= 0.6 is 0 Å². The quantitative estimate of drug-likeness (QED) is 0.410. The molecular weight excluding hydrogens is 418 g/mol. The van der Waals surface area contributed by atoms with Gasteiger partial charge in [-0.15, -0.1) is 0 Å². The molecule has 3 aromatic carbocycles. The Labute approximate surface area is 190 Å². The third-order valence-corrected chi connectivity index (χ3v) is 4.73. The number of rotatable bonds is 8. The van der Waals surface area contributed by atoms with Crippen LogP contribution in [0.1, 0.15) is 26.3 Å². The summed E-state index contributed by atoms with van der Waals surface area (Å²) in [6.07, 6.45) is 3.30. The zero-order valence-electron chi connectivity index (χ0n) is 17.6.